The molecule has 0 aliphatic carbocycles. The number of hydrogen-bond acceptors (Lipinski definition) is 8. The van der Waals surface area contributed by atoms with Crippen molar-refractivity contribution in [2.24, 2.45) is 0 Å². The lowest BCUT2D eigenvalue weighted by atomic mass is 10.1. The van der Waals surface area contributed by atoms with Crippen LogP contribution >= 0.6 is 11.8 Å². The third kappa shape index (κ3) is 4.57. The van der Waals surface area contributed by atoms with Crippen LogP contribution in [0.4, 0.5) is 5.69 Å². The molecule has 0 bridgehead atoms. The van der Waals surface area contributed by atoms with Crippen LogP contribution in [0.15, 0.2) is 78.0 Å². The van der Waals surface area contributed by atoms with Gasteiger partial charge in [0.1, 0.15) is 6.61 Å². The van der Waals surface area contributed by atoms with Crippen LogP contribution in [0.5, 0.6) is 17.4 Å². The average molecular weight is 501 g/mol. The Morgan fingerprint density at radius 3 is 2.56 bits per heavy atom. The first kappa shape index (κ1) is 23.6. The summed E-state index contributed by atoms with van der Waals surface area (Å²) in [5, 5.41) is 9.03. The van der Waals surface area contributed by atoms with Gasteiger partial charge in [-0.15, -0.1) is 10.2 Å². The zero-order valence-electron chi connectivity index (χ0n) is 20.0. The molecule has 0 fully saturated rings. The second-order valence-electron chi connectivity index (χ2n) is 8.01. The number of aromatic nitrogens is 3. The minimum Gasteiger partial charge on any atom is -0.493 e. The van der Waals surface area contributed by atoms with Gasteiger partial charge >= 0.3 is 0 Å². The minimum atomic E-state index is -0.812. The van der Waals surface area contributed by atoms with E-state index in [0.29, 0.717) is 51.7 Å². The van der Waals surface area contributed by atoms with Crippen molar-refractivity contribution in [3.8, 4) is 28.6 Å². The van der Waals surface area contributed by atoms with Gasteiger partial charge in [0.2, 0.25) is 23.2 Å². The summed E-state index contributed by atoms with van der Waals surface area (Å²) in [6.07, 6.45) is 1.06. The van der Waals surface area contributed by atoms with Crippen molar-refractivity contribution in [3.63, 3.8) is 0 Å². The van der Waals surface area contributed by atoms with Gasteiger partial charge in [-0.05, 0) is 36.1 Å². The lowest BCUT2D eigenvalue weighted by Gasteiger charge is -2.30. The predicted octanol–water partition coefficient (Wildman–Crippen LogP) is 5.29. The molecule has 3 aromatic carbocycles. The first-order valence-corrected chi connectivity index (χ1v) is 12.5. The van der Waals surface area contributed by atoms with E-state index in [1.165, 1.54) is 18.7 Å². The van der Waals surface area contributed by atoms with Crippen molar-refractivity contribution >= 4 is 23.4 Å². The Kier molecular flexibility index (Phi) is 6.73. The van der Waals surface area contributed by atoms with E-state index in [1.807, 2.05) is 79.1 Å². The van der Waals surface area contributed by atoms with Crippen molar-refractivity contribution in [1.29, 1.82) is 0 Å². The van der Waals surface area contributed by atoms with Crippen LogP contribution in [0.3, 0.4) is 0 Å². The molecule has 0 radical (unpaired) electrons. The quantitative estimate of drug-likeness (QED) is 0.330. The second-order valence-corrected chi connectivity index (χ2v) is 8.79. The molecule has 0 saturated carbocycles. The Hall–Kier alpha value is -4.11. The second kappa shape index (κ2) is 10.2. The van der Waals surface area contributed by atoms with E-state index in [2.05, 4.69) is 15.2 Å². The number of nitrogens with zero attached hydrogens (tertiary/aromatic N) is 4. The Labute approximate surface area is 213 Å². The van der Waals surface area contributed by atoms with Gasteiger partial charge in [-0.1, -0.05) is 60.3 Å². The summed E-state index contributed by atoms with van der Waals surface area (Å²) in [5.74, 6) is 1.22. The van der Waals surface area contributed by atoms with Crippen molar-refractivity contribution < 1.29 is 19.0 Å². The Bertz CT molecular complexity index is 1400. The molecule has 182 valence electrons. The molecule has 0 N–H and O–H groups in total. The number of fused-ring (bicyclic) bond motifs is 3. The lowest BCUT2D eigenvalue weighted by molar-refractivity contribution is -0.118. The molecule has 8 nitrogen and oxygen atoms in total. The van der Waals surface area contributed by atoms with Gasteiger partial charge in [-0.25, -0.2) is 0 Å². The molecule has 4 aromatic rings. The normalized spacial score (nSPS) is 14.2. The average Bonchev–Trinajstić information content (AvgIpc) is 3.06. The highest BCUT2D eigenvalue weighted by Crippen LogP contribution is 2.44. The van der Waals surface area contributed by atoms with E-state index in [0.717, 1.165) is 5.56 Å². The van der Waals surface area contributed by atoms with E-state index >= 15 is 0 Å². The molecule has 9 heteroatoms. The third-order valence-corrected chi connectivity index (χ3v) is 6.28. The fraction of sp³-hybridized carbons (Fsp3) is 0.185. The molecule has 0 saturated heterocycles. The van der Waals surface area contributed by atoms with Gasteiger partial charge in [0.05, 0.1) is 12.8 Å². The van der Waals surface area contributed by atoms with Crippen LogP contribution in [-0.2, 0) is 11.4 Å². The number of rotatable bonds is 6. The number of para-hydroxylation sites is 1. The van der Waals surface area contributed by atoms with Crippen molar-refractivity contribution in [2.75, 3.05) is 18.3 Å². The third-order valence-electron chi connectivity index (χ3n) is 5.74. The molecule has 1 aliphatic rings. The molecule has 1 aromatic heterocycles. The van der Waals surface area contributed by atoms with Crippen molar-refractivity contribution in [3.05, 3.63) is 83.9 Å². The van der Waals surface area contributed by atoms with Crippen LogP contribution in [0, 0.1) is 0 Å². The van der Waals surface area contributed by atoms with E-state index in [1.54, 1.807) is 12.0 Å². The van der Waals surface area contributed by atoms with Crippen LogP contribution < -0.4 is 19.1 Å². The fourth-order valence-corrected chi connectivity index (χ4v) is 4.35. The Morgan fingerprint density at radius 2 is 1.81 bits per heavy atom. The highest BCUT2D eigenvalue weighted by atomic mass is 32.2. The Morgan fingerprint density at radius 1 is 1.03 bits per heavy atom. The van der Waals surface area contributed by atoms with Gasteiger partial charge < -0.3 is 14.2 Å². The van der Waals surface area contributed by atoms with Gasteiger partial charge in [-0.3, -0.25) is 9.69 Å². The van der Waals surface area contributed by atoms with Crippen LogP contribution in [0.2, 0.25) is 0 Å². The Balaban J connectivity index is 1.57. The monoisotopic (exact) mass is 500 g/mol. The van der Waals surface area contributed by atoms with Gasteiger partial charge in [-0.2, -0.15) is 4.98 Å². The van der Waals surface area contributed by atoms with Crippen LogP contribution in [-0.4, -0.2) is 34.5 Å². The maximum Gasteiger partial charge on any atom is 0.247 e. The van der Waals surface area contributed by atoms with E-state index < -0.39 is 6.23 Å². The molecule has 2 heterocycles. The summed E-state index contributed by atoms with van der Waals surface area (Å²) < 4.78 is 18.1. The first-order chi connectivity index (χ1) is 17.6. The minimum absolute atomic E-state index is 0.193. The van der Waals surface area contributed by atoms with Gasteiger partial charge in [0, 0.05) is 18.1 Å². The van der Waals surface area contributed by atoms with E-state index in [-0.39, 0.29) is 5.91 Å². The van der Waals surface area contributed by atoms with Gasteiger partial charge in [0.15, 0.2) is 17.2 Å². The molecular formula is C27H24N4O4S. The number of hydrogen-bond donors (Lipinski definition) is 0. The molecule has 5 rings (SSSR count). The first-order valence-electron chi connectivity index (χ1n) is 11.3. The number of ether oxygens (including phenoxy) is 3. The highest BCUT2D eigenvalue weighted by Gasteiger charge is 2.35. The number of thioether (sulfide) groups is 1. The van der Waals surface area contributed by atoms with Crippen LogP contribution in [0.1, 0.15) is 24.3 Å². The maximum absolute atomic E-state index is 13.0. The molecule has 1 atom stereocenters. The maximum atomic E-state index is 13.0. The molecule has 0 spiro atoms. The molecule has 1 aliphatic heterocycles. The van der Waals surface area contributed by atoms with E-state index in [4.69, 9.17) is 14.2 Å². The largest absolute Gasteiger partial charge is 0.493 e. The number of benzene rings is 3. The standard InChI is InChI=1S/C27H24N4O4S/c1-17(32)31-21-12-8-7-11-20(21)24-25(28-27(36-3)30-29-24)35-26(31)19-13-14-22(23(15-19)33-2)34-16-18-9-5-4-6-10-18/h4-15,26H,16H2,1-3H3/t26-/m1/s1. The summed E-state index contributed by atoms with van der Waals surface area (Å²) in [6, 6.07) is 22.9. The molecule has 0 unspecified atom stereocenters. The smallest absolute Gasteiger partial charge is 0.247 e. The van der Waals surface area contributed by atoms with E-state index in [9.17, 15) is 4.79 Å². The number of anilines is 1. The summed E-state index contributed by atoms with van der Waals surface area (Å²) in [7, 11) is 1.58. The van der Waals surface area contributed by atoms with Gasteiger partial charge in [0.25, 0.3) is 0 Å². The number of carbonyl (C=O) groups is 1. The number of carbonyl (C=O) groups excluding carboxylic acids is 1. The lowest BCUT2D eigenvalue weighted by Crippen LogP contribution is -2.36. The number of amides is 1. The van der Waals surface area contributed by atoms with Crippen molar-refractivity contribution in [1.82, 2.24) is 15.2 Å². The van der Waals surface area contributed by atoms with Crippen molar-refractivity contribution in [2.45, 2.75) is 24.9 Å². The summed E-state index contributed by atoms with van der Waals surface area (Å²) in [5.41, 5.74) is 3.59. The summed E-state index contributed by atoms with van der Waals surface area (Å²) in [6.45, 7) is 1.90. The molecule has 1 amide bonds. The van der Waals surface area contributed by atoms with Crippen LogP contribution in [0.25, 0.3) is 11.3 Å². The molecule has 36 heavy (non-hydrogen) atoms. The topological polar surface area (TPSA) is 86.7 Å². The summed E-state index contributed by atoms with van der Waals surface area (Å²) in [4.78, 5) is 19.1. The molecular weight excluding hydrogens is 476 g/mol. The number of methoxy groups -OCH3 is 1. The highest BCUT2D eigenvalue weighted by molar-refractivity contribution is 7.98. The summed E-state index contributed by atoms with van der Waals surface area (Å²) >= 11 is 1.36. The fourth-order valence-electron chi connectivity index (χ4n) is 4.05. The predicted molar refractivity (Wildman–Crippen MR) is 137 cm³/mol. The SMILES string of the molecule is COc1cc([C@H]2Oc3nc(SC)nnc3-c3ccccc3N2C(C)=O)ccc1OCc1ccccc1. The zero-order valence-corrected chi connectivity index (χ0v) is 20.9. The zero-order chi connectivity index (χ0) is 25.1.